The molecular weight excluding hydrogens is 283 g/mol. The molecular formula is C14H14F3N3O. The van der Waals surface area contributed by atoms with Gasteiger partial charge in [0.15, 0.2) is 0 Å². The summed E-state index contributed by atoms with van der Waals surface area (Å²) in [5.41, 5.74) is -0.299. The molecule has 2 aromatic rings. The first-order valence-corrected chi connectivity index (χ1v) is 6.20. The summed E-state index contributed by atoms with van der Waals surface area (Å²) in [5.74, 6) is 0.739. The number of alkyl halides is 3. The minimum Gasteiger partial charge on any atom is -0.438 e. The van der Waals surface area contributed by atoms with Crippen molar-refractivity contribution in [3.8, 4) is 11.6 Å². The van der Waals surface area contributed by atoms with Gasteiger partial charge in [-0.15, -0.1) is 0 Å². The molecule has 0 amide bonds. The molecule has 0 saturated heterocycles. The predicted octanol–water partition coefficient (Wildman–Crippen LogP) is 3.95. The second-order valence-electron chi connectivity index (χ2n) is 4.40. The topological polar surface area (TPSA) is 47.0 Å². The number of benzene rings is 1. The number of anilines is 1. The lowest BCUT2D eigenvalue weighted by Gasteiger charge is -2.15. The average Bonchev–Trinajstić information content (AvgIpc) is 2.42. The molecule has 0 bridgehead atoms. The Hall–Kier alpha value is -2.31. The van der Waals surface area contributed by atoms with Crippen molar-refractivity contribution in [2.24, 2.45) is 0 Å². The Labute approximate surface area is 120 Å². The van der Waals surface area contributed by atoms with Gasteiger partial charge in [0, 0.05) is 7.05 Å². The first-order chi connectivity index (χ1) is 9.82. The van der Waals surface area contributed by atoms with E-state index in [4.69, 9.17) is 4.74 Å². The van der Waals surface area contributed by atoms with Gasteiger partial charge in [-0.2, -0.15) is 18.2 Å². The number of nitrogens with zero attached hydrogens (tertiary/aromatic N) is 2. The molecule has 112 valence electrons. The van der Waals surface area contributed by atoms with Gasteiger partial charge in [0.05, 0.1) is 11.1 Å². The fourth-order valence-electron chi connectivity index (χ4n) is 1.84. The van der Waals surface area contributed by atoms with Crippen LogP contribution in [0.5, 0.6) is 11.6 Å². The van der Waals surface area contributed by atoms with Gasteiger partial charge in [-0.05, 0) is 26.0 Å². The van der Waals surface area contributed by atoms with E-state index in [2.05, 4.69) is 15.3 Å². The minimum absolute atomic E-state index is 0.101. The number of ether oxygens (including phenoxy) is 1. The maximum Gasteiger partial charge on any atom is 0.419 e. The molecule has 0 fully saturated rings. The Morgan fingerprint density at radius 1 is 1.10 bits per heavy atom. The van der Waals surface area contributed by atoms with E-state index in [1.807, 2.05) is 0 Å². The number of para-hydroxylation sites is 1. The van der Waals surface area contributed by atoms with Crippen LogP contribution in [0.4, 0.5) is 19.0 Å². The molecule has 0 spiro atoms. The summed E-state index contributed by atoms with van der Waals surface area (Å²) in [7, 11) is 1.67. The first-order valence-electron chi connectivity index (χ1n) is 6.20. The standard InChI is InChI=1S/C14H14F3N3O/c1-8-12(18-3)19-9(2)20-13(8)21-11-7-5-4-6-10(11)14(15,16)17/h4-7H,1-3H3,(H,18,19,20). The molecule has 1 aromatic heterocycles. The molecule has 0 aliphatic rings. The predicted molar refractivity (Wildman–Crippen MR) is 72.6 cm³/mol. The van der Waals surface area contributed by atoms with Crippen LogP contribution in [0.25, 0.3) is 0 Å². The van der Waals surface area contributed by atoms with Gasteiger partial charge in [0.2, 0.25) is 5.88 Å². The summed E-state index contributed by atoms with van der Waals surface area (Å²) < 4.78 is 44.2. The van der Waals surface area contributed by atoms with Gasteiger partial charge >= 0.3 is 6.18 Å². The minimum atomic E-state index is -4.49. The summed E-state index contributed by atoms with van der Waals surface area (Å²) in [6, 6.07) is 5.02. The molecule has 0 aliphatic carbocycles. The summed E-state index contributed by atoms with van der Waals surface area (Å²) in [6.07, 6.45) is -4.49. The molecule has 1 aromatic carbocycles. The average molecular weight is 297 g/mol. The number of rotatable bonds is 3. The van der Waals surface area contributed by atoms with Crippen molar-refractivity contribution in [3.05, 3.63) is 41.2 Å². The van der Waals surface area contributed by atoms with E-state index in [9.17, 15) is 13.2 Å². The SMILES string of the molecule is CNc1nc(C)nc(Oc2ccccc2C(F)(F)F)c1C. The van der Waals surface area contributed by atoms with Crippen molar-refractivity contribution in [1.29, 1.82) is 0 Å². The number of hydrogen-bond acceptors (Lipinski definition) is 4. The molecule has 0 aliphatic heterocycles. The highest BCUT2D eigenvalue weighted by atomic mass is 19.4. The van der Waals surface area contributed by atoms with E-state index < -0.39 is 11.7 Å². The number of aromatic nitrogens is 2. The van der Waals surface area contributed by atoms with Crippen molar-refractivity contribution in [1.82, 2.24) is 9.97 Å². The van der Waals surface area contributed by atoms with Crippen molar-refractivity contribution in [3.63, 3.8) is 0 Å². The lowest BCUT2D eigenvalue weighted by Crippen LogP contribution is -2.08. The highest BCUT2D eigenvalue weighted by Crippen LogP contribution is 2.38. The third kappa shape index (κ3) is 3.24. The Kier molecular flexibility index (Phi) is 4.02. The van der Waals surface area contributed by atoms with Gasteiger partial charge in [-0.3, -0.25) is 0 Å². The van der Waals surface area contributed by atoms with E-state index in [1.54, 1.807) is 20.9 Å². The molecule has 21 heavy (non-hydrogen) atoms. The molecule has 2 rings (SSSR count). The molecule has 0 atom stereocenters. The Morgan fingerprint density at radius 2 is 1.76 bits per heavy atom. The van der Waals surface area contributed by atoms with Gasteiger partial charge < -0.3 is 10.1 Å². The molecule has 4 nitrogen and oxygen atoms in total. The Morgan fingerprint density at radius 3 is 2.38 bits per heavy atom. The van der Waals surface area contributed by atoms with Crippen molar-refractivity contribution < 1.29 is 17.9 Å². The van der Waals surface area contributed by atoms with Gasteiger partial charge in [0.1, 0.15) is 17.4 Å². The number of halogens is 3. The van der Waals surface area contributed by atoms with Crippen LogP contribution in [0, 0.1) is 13.8 Å². The highest BCUT2D eigenvalue weighted by molar-refractivity contribution is 5.50. The van der Waals surface area contributed by atoms with Crippen LogP contribution >= 0.6 is 0 Å². The highest BCUT2D eigenvalue weighted by Gasteiger charge is 2.34. The van der Waals surface area contributed by atoms with Crippen molar-refractivity contribution in [2.45, 2.75) is 20.0 Å². The second-order valence-corrected chi connectivity index (χ2v) is 4.40. The monoisotopic (exact) mass is 297 g/mol. The van der Waals surface area contributed by atoms with Crippen LogP contribution in [0.2, 0.25) is 0 Å². The number of hydrogen-bond donors (Lipinski definition) is 1. The van der Waals surface area contributed by atoms with E-state index >= 15 is 0 Å². The second kappa shape index (κ2) is 5.59. The van der Waals surface area contributed by atoms with Crippen LogP contribution < -0.4 is 10.1 Å². The van der Waals surface area contributed by atoms with E-state index in [1.165, 1.54) is 18.2 Å². The third-order valence-corrected chi connectivity index (χ3v) is 2.85. The molecule has 0 saturated carbocycles. The van der Waals surface area contributed by atoms with Gasteiger partial charge in [-0.25, -0.2) is 4.98 Å². The molecule has 0 radical (unpaired) electrons. The van der Waals surface area contributed by atoms with Crippen LogP contribution in [0.1, 0.15) is 17.0 Å². The molecule has 7 heteroatoms. The Balaban J connectivity index is 2.47. The van der Waals surface area contributed by atoms with E-state index in [0.29, 0.717) is 17.2 Å². The molecule has 1 heterocycles. The zero-order chi connectivity index (χ0) is 15.6. The number of nitrogens with one attached hydrogen (secondary N) is 1. The largest absolute Gasteiger partial charge is 0.438 e. The zero-order valence-corrected chi connectivity index (χ0v) is 11.7. The van der Waals surface area contributed by atoms with Crippen LogP contribution in [-0.4, -0.2) is 17.0 Å². The van der Waals surface area contributed by atoms with Gasteiger partial charge in [-0.1, -0.05) is 12.1 Å². The maximum absolute atomic E-state index is 13.0. The number of aryl methyl sites for hydroxylation is 1. The Bertz CT molecular complexity index is 656. The zero-order valence-electron chi connectivity index (χ0n) is 11.7. The fraction of sp³-hybridized carbons (Fsp3) is 0.286. The fourth-order valence-corrected chi connectivity index (χ4v) is 1.84. The van der Waals surface area contributed by atoms with Crippen molar-refractivity contribution >= 4 is 5.82 Å². The van der Waals surface area contributed by atoms with Crippen LogP contribution in [0.3, 0.4) is 0 Å². The lowest BCUT2D eigenvalue weighted by molar-refractivity contribution is -0.138. The molecule has 0 unspecified atom stereocenters. The molecule has 1 N–H and O–H groups in total. The van der Waals surface area contributed by atoms with Gasteiger partial charge in [0.25, 0.3) is 0 Å². The third-order valence-electron chi connectivity index (χ3n) is 2.85. The summed E-state index contributed by atoms with van der Waals surface area (Å²) >= 11 is 0. The summed E-state index contributed by atoms with van der Waals surface area (Å²) in [5, 5.41) is 2.85. The normalized spacial score (nSPS) is 11.3. The summed E-state index contributed by atoms with van der Waals surface area (Å²) in [6.45, 7) is 3.32. The van der Waals surface area contributed by atoms with E-state index in [-0.39, 0.29) is 11.6 Å². The van der Waals surface area contributed by atoms with Crippen LogP contribution in [0.15, 0.2) is 24.3 Å². The lowest BCUT2D eigenvalue weighted by atomic mass is 10.2. The van der Waals surface area contributed by atoms with E-state index in [0.717, 1.165) is 6.07 Å². The maximum atomic E-state index is 13.0. The quantitative estimate of drug-likeness (QED) is 0.932. The van der Waals surface area contributed by atoms with Crippen LogP contribution in [-0.2, 0) is 6.18 Å². The first kappa shape index (κ1) is 15.1. The smallest absolute Gasteiger partial charge is 0.419 e. The summed E-state index contributed by atoms with van der Waals surface area (Å²) in [4.78, 5) is 8.20. The van der Waals surface area contributed by atoms with Crippen molar-refractivity contribution in [2.75, 3.05) is 12.4 Å².